The number of nitrogens with one attached hydrogen (secondary N) is 1. The SMILES string of the molecule is COc1ccc([N+](=O)[O-])cc1N(CC(=O)Nc1ccc(Oc2ccccc2)cc1)S(C)(=O)=O. The maximum Gasteiger partial charge on any atom is 0.271 e. The summed E-state index contributed by atoms with van der Waals surface area (Å²) in [4.78, 5) is 23.1. The molecule has 3 rings (SSSR count). The highest BCUT2D eigenvalue weighted by Gasteiger charge is 2.26. The number of hydrogen-bond acceptors (Lipinski definition) is 7. The van der Waals surface area contributed by atoms with Crippen LogP contribution in [0.4, 0.5) is 17.1 Å². The summed E-state index contributed by atoms with van der Waals surface area (Å²) in [5.74, 6) is 0.634. The molecule has 10 nitrogen and oxygen atoms in total. The fourth-order valence-electron chi connectivity index (χ4n) is 2.93. The highest BCUT2D eigenvalue weighted by molar-refractivity contribution is 7.92. The number of sulfonamides is 1. The molecule has 0 bridgehead atoms. The summed E-state index contributed by atoms with van der Waals surface area (Å²) >= 11 is 0. The number of nitrogens with zero attached hydrogens (tertiary/aromatic N) is 2. The average Bonchev–Trinajstić information content (AvgIpc) is 2.78. The highest BCUT2D eigenvalue weighted by Crippen LogP contribution is 2.33. The van der Waals surface area contributed by atoms with Gasteiger partial charge in [0.05, 0.1) is 18.3 Å². The number of rotatable bonds is 9. The number of non-ortho nitro benzene ring substituents is 1. The van der Waals surface area contributed by atoms with Crippen molar-refractivity contribution in [1.29, 1.82) is 0 Å². The Balaban J connectivity index is 1.77. The zero-order valence-electron chi connectivity index (χ0n) is 17.8. The van der Waals surface area contributed by atoms with E-state index in [1.807, 2.05) is 18.2 Å². The molecule has 0 spiro atoms. The number of ether oxygens (including phenoxy) is 2. The van der Waals surface area contributed by atoms with Crippen LogP contribution in [0.1, 0.15) is 0 Å². The molecule has 0 fully saturated rings. The molecule has 1 N–H and O–H groups in total. The van der Waals surface area contributed by atoms with E-state index in [1.54, 1.807) is 36.4 Å². The molecule has 0 heterocycles. The number of nitro groups is 1. The Morgan fingerprint density at radius 3 is 2.24 bits per heavy atom. The molecule has 0 saturated heterocycles. The summed E-state index contributed by atoms with van der Waals surface area (Å²) in [6.07, 6.45) is 0.897. The monoisotopic (exact) mass is 471 g/mol. The van der Waals surface area contributed by atoms with Crippen LogP contribution in [0.5, 0.6) is 17.2 Å². The van der Waals surface area contributed by atoms with Crippen molar-refractivity contribution in [1.82, 2.24) is 0 Å². The first-order chi connectivity index (χ1) is 15.7. The molecule has 1 amide bonds. The predicted molar refractivity (Wildman–Crippen MR) is 123 cm³/mol. The van der Waals surface area contributed by atoms with Gasteiger partial charge in [0.15, 0.2) is 0 Å². The zero-order valence-corrected chi connectivity index (χ0v) is 18.6. The second kappa shape index (κ2) is 10.0. The van der Waals surface area contributed by atoms with Crippen LogP contribution in [0.3, 0.4) is 0 Å². The lowest BCUT2D eigenvalue weighted by Crippen LogP contribution is -2.37. The third kappa shape index (κ3) is 6.20. The third-order valence-electron chi connectivity index (χ3n) is 4.45. The van der Waals surface area contributed by atoms with E-state index < -0.39 is 27.4 Å². The molecular formula is C22H21N3O7S. The number of nitro benzene ring substituents is 1. The molecule has 0 atom stereocenters. The maximum absolute atomic E-state index is 12.6. The average molecular weight is 471 g/mol. The van der Waals surface area contributed by atoms with Crippen LogP contribution in [-0.2, 0) is 14.8 Å². The molecular weight excluding hydrogens is 450 g/mol. The topological polar surface area (TPSA) is 128 Å². The van der Waals surface area contributed by atoms with E-state index in [2.05, 4.69) is 5.32 Å². The quantitative estimate of drug-likeness (QED) is 0.371. The van der Waals surface area contributed by atoms with Crippen LogP contribution in [-0.4, -0.2) is 39.2 Å². The van der Waals surface area contributed by atoms with Gasteiger partial charge in [-0.05, 0) is 42.5 Å². The lowest BCUT2D eigenvalue weighted by Gasteiger charge is -2.23. The van der Waals surface area contributed by atoms with Crippen molar-refractivity contribution in [3.05, 3.63) is 82.9 Å². The van der Waals surface area contributed by atoms with Gasteiger partial charge >= 0.3 is 0 Å². The normalized spacial score (nSPS) is 10.8. The van der Waals surface area contributed by atoms with Crippen molar-refractivity contribution in [2.45, 2.75) is 0 Å². The summed E-state index contributed by atoms with van der Waals surface area (Å²) < 4.78 is 36.4. The van der Waals surface area contributed by atoms with Gasteiger partial charge in [-0.15, -0.1) is 0 Å². The number of anilines is 2. The summed E-state index contributed by atoms with van der Waals surface area (Å²) in [5.41, 5.74) is -0.0373. The number of carbonyl (C=O) groups excluding carboxylic acids is 1. The first kappa shape index (κ1) is 23.5. The lowest BCUT2D eigenvalue weighted by atomic mass is 10.2. The van der Waals surface area contributed by atoms with E-state index in [1.165, 1.54) is 19.2 Å². The fourth-order valence-corrected chi connectivity index (χ4v) is 3.78. The van der Waals surface area contributed by atoms with E-state index in [-0.39, 0.29) is 17.1 Å². The van der Waals surface area contributed by atoms with E-state index in [9.17, 15) is 23.3 Å². The Kier molecular flexibility index (Phi) is 7.13. The zero-order chi connectivity index (χ0) is 24.0. The van der Waals surface area contributed by atoms with Crippen LogP contribution in [0.15, 0.2) is 72.8 Å². The molecule has 11 heteroatoms. The van der Waals surface area contributed by atoms with E-state index in [0.717, 1.165) is 16.6 Å². The standard InChI is InChI=1S/C22H21N3O7S/c1-31-21-13-10-17(25(27)28)14-20(21)24(33(2,29)30)15-22(26)23-16-8-11-19(12-9-16)32-18-6-4-3-5-7-18/h3-14H,15H2,1-2H3,(H,23,26). The molecule has 0 aliphatic heterocycles. The first-order valence-corrected chi connectivity index (χ1v) is 11.4. The highest BCUT2D eigenvalue weighted by atomic mass is 32.2. The predicted octanol–water partition coefficient (Wildman–Crippen LogP) is 3.80. The van der Waals surface area contributed by atoms with Crippen LogP contribution in [0, 0.1) is 10.1 Å². The summed E-state index contributed by atoms with van der Waals surface area (Å²) in [7, 11) is -2.68. The number of methoxy groups -OCH3 is 1. The number of carbonyl (C=O) groups is 1. The molecule has 0 radical (unpaired) electrons. The number of hydrogen-bond donors (Lipinski definition) is 1. The van der Waals surface area contributed by atoms with E-state index in [4.69, 9.17) is 9.47 Å². The molecule has 0 unspecified atom stereocenters. The summed E-state index contributed by atoms with van der Waals surface area (Å²) in [6, 6.07) is 19.2. The fraction of sp³-hybridized carbons (Fsp3) is 0.136. The van der Waals surface area contributed by atoms with Gasteiger partial charge in [0.1, 0.15) is 29.5 Å². The van der Waals surface area contributed by atoms with Crippen molar-refractivity contribution < 1.29 is 27.6 Å². The first-order valence-electron chi connectivity index (χ1n) is 9.60. The lowest BCUT2D eigenvalue weighted by molar-refractivity contribution is -0.384. The van der Waals surface area contributed by atoms with Gasteiger partial charge in [-0.3, -0.25) is 19.2 Å². The number of amides is 1. The van der Waals surface area contributed by atoms with Crippen LogP contribution >= 0.6 is 0 Å². The van der Waals surface area contributed by atoms with Crippen molar-refractivity contribution in [2.75, 3.05) is 29.5 Å². The smallest absolute Gasteiger partial charge is 0.271 e. The Morgan fingerprint density at radius 2 is 1.67 bits per heavy atom. The summed E-state index contributed by atoms with van der Waals surface area (Å²) in [6.45, 7) is -0.612. The van der Waals surface area contributed by atoms with Crippen molar-refractivity contribution in [3.8, 4) is 17.2 Å². The largest absolute Gasteiger partial charge is 0.495 e. The molecule has 33 heavy (non-hydrogen) atoms. The minimum Gasteiger partial charge on any atom is -0.495 e. The van der Waals surface area contributed by atoms with Crippen molar-refractivity contribution in [2.24, 2.45) is 0 Å². The van der Waals surface area contributed by atoms with Gasteiger partial charge in [0.2, 0.25) is 15.9 Å². The second-order valence-electron chi connectivity index (χ2n) is 6.87. The van der Waals surface area contributed by atoms with Gasteiger partial charge in [0, 0.05) is 17.8 Å². The third-order valence-corrected chi connectivity index (χ3v) is 5.57. The van der Waals surface area contributed by atoms with E-state index in [0.29, 0.717) is 17.2 Å². The molecule has 0 aliphatic rings. The minimum atomic E-state index is -3.97. The Morgan fingerprint density at radius 1 is 1.03 bits per heavy atom. The molecule has 0 saturated carbocycles. The second-order valence-corrected chi connectivity index (χ2v) is 8.78. The Bertz CT molecular complexity index is 1250. The van der Waals surface area contributed by atoms with Crippen LogP contribution < -0.4 is 19.1 Å². The van der Waals surface area contributed by atoms with Gasteiger partial charge in [-0.25, -0.2) is 8.42 Å². The molecule has 3 aromatic carbocycles. The molecule has 0 aromatic heterocycles. The maximum atomic E-state index is 12.6. The molecule has 3 aromatic rings. The van der Waals surface area contributed by atoms with Gasteiger partial charge in [-0.2, -0.15) is 0 Å². The van der Waals surface area contributed by atoms with E-state index >= 15 is 0 Å². The minimum absolute atomic E-state index is 0.0706. The Labute approximate surface area is 190 Å². The van der Waals surface area contributed by atoms with Gasteiger partial charge < -0.3 is 14.8 Å². The number of para-hydroxylation sites is 1. The van der Waals surface area contributed by atoms with Gasteiger partial charge in [0.25, 0.3) is 5.69 Å². The van der Waals surface area contributed by atoms with Crippen molar-refractivity contribution in [3.63, 3.8) is 0 Å². The van der Waals surface area contributed by atoms with Gasteiger partial charge in [-0.1, -0.05) is 18.2 Å². The van der Waals surface area contributed by atoms with Crippen molar-refractivity contribution >= 4 is 33.0 Å². The molecule has 172 valence electrons. The summed E-state index contributed by atoms with van der Waals surface area (Å²) in [5, 5.41) is 13.7. The molecule has 0 aliphatic carbocycles. The Hall–Kier alpha value is -4.12. The van der Waals surface area contributed by atoms with Crippen LogP contribution in [0.2, 0.25) is 0 Å². The van der Waals surface area contributed by atoms with Crippen LogP contribution in [0.25, 0.3) is 0 Å². The number of benzene rings is 3.